The third kappa shape index (κ3) is 7.19. The maximum absolute atomic E-state index is 12.7. The van der Waals surface area contributed by atoms with Crippen LogP contribution in [0.3, 0.4) is 0 Å². The lowest BCUT2D eigenvalue weighted by Gasteiger charge is -2.09. The predicted molar refractivity (Wildman–Crippen MR) is 129 cm³/mol. The molecule has 1 aromatic rings. The van der Waals surface area contributed by atoms with Crippen molar-refractivity contribution in [1.82, 2.24) is 4.72 Å². The Balaban J connectivity index is 1.67. The van der Waals surface area contributed by atoms with Gasteiger partial charge in [0, 0.05) is 12.1 Å². The molecular formula is C24H26F3NO6S2. The molecule has 196 valence electrons. The van der Waals surface area contributed by atoms with Gasteiger partial charge in [-0.05, 0) is 72.2 Å². The number of hydrogen-bond donors (Lipinski definition) is 2. The number of sulfonamides is 1. The summed E-state index contributed by atoms with van der Waals surface area (Å²) in [6.45, 7) is 4.09. The van der Waals surface area contributed by atoms with E-state index in [1.165, 1.54) is 6.07 Å². The van der Waals surface area contributed by atoms with Crippen LogP contribution in [0.2, 0.25) is 0 Å². The number of rotatable bonds is 10. The van der Waals surface area contributed by atoms with E-state index in [0.29, 0.717) is 37.0 Å². The number of benzene rings is 1. The van der Waals surface area contributed by atoms with Gasteiger partial charge in [-0.2, -0.15) is 21.6 Å². The van der Waals surface area contributed by atoms with Crippen LogP contribution in [0.5, 0.6) is 5.75 Å². The molecule has 7 nitrogen and oxygen atoms in total. The van der Waals surface area contributed by atoms with Crippen molar-refractivity contribution in [3.05, 3.63) is 71.3 Å². The van der Waals surface area contributed by atoms with Crippen molar-refractivity contribution in [2.24, 2.45) is 0 Å². The molecule has 12 heteroatoms. The second-order valence-corrected chi connectivity index (χ2v) is 11.4. The Kier molecular flexibility index (Phi) is 8.33. The summed E-state index contributed by atoms with van der Waals surface area (Å²) in [6.07, 6.45) is -3.15. The molecule has 36 heavy (non-hydrogen) atoms. The largest absolute Gasteiger partial charge is 0.446 e. The van der Waals surface area contributed by atoms with Crippen LogP contribution in [0, 0.1) is 0 Å². The molecule has 0 unspecified atom stereocenters. The smallest absolute Gasteiger partial charge is 0.361 e. The summed E-state index contributed by atoms with van der Waals surface area (Å²) >= 11 is 0. The number of unbranched alkanes of at least 4 members (excludes halogenated alkanes) is 1. The van der Waals surface area contributed by atoms with Crippen LogP contribution < -0.4 is 8.91 Å². The van der Waals surface area contributed by atoms with Crippen molar-refractivity contribution in [2.45, 2.75) is 50.1 Å². The van der Waals surface area contributed by atoms with E-state index in [-0.39, 0.29) is 23.1 Å². The Labute approximate surface area is 208 Å². The highest BCUT2D eigenvalue weighted by molar-refractivity contribution is 7.89. The second kappa shape index (κ2) is 10.8. The number of halogens is 3. The molecule has 0 aromatic heterocycles. The maximum atomic E-state index is 12.7. The fourth-order valence-corrected chi connectivity index (χ4v) is 5.17. The van der Waals surface area contributed by atoms with Crippen molar-refractivity contribution in [2.75, 3.05) is 6.54 Å². The van der Waals surface area contributed by atoms with Gasteiger partial charge in [-0.1, -0.05) is 38.1 Å². The highest BCUT2D eigenvalue weighted by Gasteiger charge is 2.30. The molecule has 0 saturated carbocycles. The summed E-state index contributed by atoms with van der Waals surface area (Å²) in [6, 6.07) is 12.1. The van der Waals surface area contributed by atoms with Crippen LogP contribution in [0.1, 0.15) is 49.3 Å². The zero-order valence-electron chi connectivity index (χ0n) is 19.5. The van der Waals surface area contributed by atoms with E-state index >= 15 is 0 Å². The number of fused-ring (bicyclic) bond motifs is 1. The summed E-state index contributed by atoms with van der Waals surface area (Å²) in [7, 11) is -8.70. The van der Waals surface area contributed by atoms with Gasteiger partial charge in [-0.15, -0.1) is 0 Å². The minimum Gasteiger partial charge on any atom is -0.361 e. The normalized spacial score (nSPS) is 12.9. The molecule has 0 aliphatic heterocycles. The Morgan fingerprint density at radius 1 is 0.917 bits per heavy atom. The van der Waals surface area contributed by atoms with Gasteiger partial charge in [0.15, 0.2) is 5.75 Å². The molecular weight excluding hydrogens is 519 g/mol. The van der Waals surface area contributed by atoms with Crippen molar-refractivity contribution in [3.63, 3.8) is 0 Å². The summed E-state index contributed by atoms with van der Waals surface area (Å²) in [5, 5.41) is 0. The Morgan fingerprint density at radius 3 is 2.08 bits per heavy atom. The summed E-state index contributed by atoms with van der Waals surface area (Å²) in [4.78, 5) is -0.266. The first-order valence-electron chi connectivity index (χ1n) is 11.1. The van der Waals surface area contributed by atoms with E-state index < -0.39 is 32.2 Å². The van der Waals surface area contributed by atoms with Gasteiger partial charge in [0.1, 0.15) is 0 Å². The lowest BCUT2D eigenvalue weighted by atomic mass is 10.0. The topological polar surface area (TPSA) is 110 Å². The Bertz CT molecular complexity index is 1390. The van der Waals surface area contributed by atoms with E-state index in [1.54, 1.807) is 6.07 Å². The van der Waals surface area contributed by atoms with Crippen molar-refractivity contribution in [3.8, 4) is 16.9 Å². The zero-order chi connectivity index (χ0) is 26.7. The van der Waals surface area contributed by atoms with Crippen molar-refractivity contribution < 1.29 is 38.7 Å². The second-order valence-electron chi connectivity index (χ2n) is 8.57. The third-order valence-corrected chi connectivity index (χ3v) is 7.48. The van der Waals surface area contributed by atoms with Crippen molar-refractivity contribution >= 4 is 20.4 Å². The minimum atomic E-state index is -4.73. The SMILES string of the molecule is CC(C)c1ccc2c(CCCCNS(=O)(=O)c3ccc(C(F)(F)F)cc3)cc(OS(=O)(=O)O)c-2cc1. The van der Waals surface area contributed by atoms with Crippen LogP contribution in [0.4, 0.5) is 13.2 Å². The standard InChI is InChI=1S/C24H26F3NO6S2/c1-16(2)17-6-12-21-18(15-23(22(21)13-7-17)34-36(31,32)33)5-3-4-14-28-35(29,30)20-10-8-19(9-11-20)24(25,26)27/h6-13,15-16,28H,3-5,14H2,1-2H3,(H,31,32,33). The lowest BCUT2D eigenvalue weighted by molar-refractivity contribution is -0.137. The fraction of sp³-hybridized carbons (Fsp3) is 0.333. The maximum Gasteiger partial charge on any atom is 0.446 e. The van der Waals surface area contributed by atoms with Crippen LogP contribution in [0.15, 0.2) is 59.5 Å². The monoisotopic (exact) mass is 545 g/mol. The molecule has 0 amide bonds. The number of aryl methyl sites for hydroxylation is 1. The van der Waals surface area contributed by atoms with Gasteiger partial charge < -0.3 is 4.18 Å². The van der Waals surface area contributed by atoms with Crippen LogP contribution in [0.25, 0.3) is 11.1 Å². The summed E-state index contributed by atoms with van der Waals surface area (Å²) in [5.74, 6) is 0.227. The van der Waals surface area contributed by atoms with E-state index in [9.17, 15) is 30.0 Å². The van der Waals surface area contributed by atoms with E-state index in [1.807, 2.05) is 32.0 Å². The van der Waals surface area contributed by atoms with Gasteiger partial charge in [0.2, 0.25) is 10.0 Å². The number of nitrogens with one attached hydrogen (secondary N) is 1. The first kappa shape index (κ1) is 27.9. The molecule has 0 radical (unpaired) electrons. The van der Waals surface area contributed by atoms with Gasteiger partial charge >= 0.3 is 16.6 Å². The van der Waals surface area contributed by atoms with E-state index in [4.69, 9.17) is 8.74 Å². The quantitative estimate of drug-likeness (QED) is 0.260. The minimum absolute atomic E-state index is 0.00332. The number of alkyl halides is 3. The fourth-order valence-electron chi connectivity index (χ4n) is 3.73. The Morgan fingerprint density at radius 2 is 1.53 bits per heavy atom. The predicted octanol–water partition coefficient (Wildman–Crippen LogP) is 5.42. The summed E-state index contributed by atoms with van der Waals surface area (Å²) in [5.41, 5.74) is 2.10. The molecule has 0 atom stereocenters. The molecule has 0 bridgehead atoms. The molecule has 3 rings (SSSR count). The van der Waals surface area contributed by atoms with E-state index in [0.717, 1.165) is 28.8 Å². The van der Waals surface area contributed by atoms with Gasteiger partial charge in [0.25, 0.3) is 0 Å². The van der Waals surface area contributed by atoms with Crippen LogP contribution in [-0.2, 0) is 33.0 Å². The summed E-state index contributed by atoms with van der Waals surface area (Å²) < 4.78 is 102. The molecule has 0 heterocycles. The van der Waals surface area contributed by atoms with Gasteiger partial charge in [-0.3, -0.25) is 4.55 Å². The first-order chi connectivity index (χ1) is 16.7. The third-order valence-electron chi connectivity index (χ3n) is 5.61. The van der Waals surface area contributed by atoms with Crippen molar-refractivity contribution in [1.29, 1.82) is 0 Å². The van der Waals surface area contributed by atoms with Gasteiger partial charge in [0.05, 0.1) is 10.5 Å². The van der Waals surface area contributed by atoms with Gasteiger partial charge in [-0.25, -0.2) is 13.1 Å². The average molecular weight is 546 g/mol. The average Bonchev–Trinajstić information content (AvgIpc) is 2.93. The highest BCUT2D eigenvalue weighted by atomic mass is 32.3. The lowest BCUT2D eigenvalue weighted by Crippen LogP contribution is -2.25. The van der Waals surface area contributed by atoms with E-state index in [2.05, 4.69) is 4.72 Å². The zero-order valence-corrected chi connectivity index (χ0v) is 21.2. The van der Waals surface area contributed by atoms with Crippen LogP contribution in [-0.4, -0.2) is 27.9 Å². The molecule has 2 aliphatic rings. The molecule has 0 saturated heterocycles. The molecule has 2 aliphatic carbocycles. The Hall–Kier alpha value is -2.67. The highest BCUT2D eigenvalue weighted by Crippen LogP contribution is 2.39. The van der Waals surface area contributed by atoms with Crippen LogP contribution >= 0.6 is 0 Å². The molecule has 0 fully saturated rings. The number of hydrogen-bond acceptors (Lipinski definition) is 5. The first-order valence-corrected chi connectivity index (χ1v) is 13.9. The molecule has 2 N–H and O–H groups in total. The molecule has 0 spiro atoms. The molecule has 1 aromatic carbocycles.